The molecule has 1 fully saturated rings. The second kappa shape index (κ2) is 13.5. The molecule has 36 heavy (non-hydrogen) atoms. The lowest BCUT2D eigenvalue weighted by Crippen LogP contribution is -2.44. The predicted octanol–water partition coefficient (Wildman–Crippen LogP) is 2.80. The smallest absolute Gasteiger partial charge is 0.328 e. The molecule has 0 spiro atoms. The van der Waals surface area contributed by atoms with Crippen LogP contribution in [0.4, 0.5) is 0 Å². The van der Waals surface area contributed by atoms with Crippen molar-refractivity contribution in [1.82, 2.24) is 15.5 Å². The van der Waals surface area contributed by atoms with Crippen molar-refractivity contribution in [3.63, 3.8) is 0 Å². The summed E-state index contributed by atoms with van der Waals surface area (Å²) in [7, 11) is 0. The summed E-state index contributed by atoms with van der Waals surface area (Å²) in [5, 5.41) is 15.9. The van der Waals surface area contributed by atoms with E-state index < -0.39 is 29.6 Å². The van der Waals surface area contributed by atoms with Gasteiger partial charge in [0, 0.05) is 39.1 Å². The quantitative estimate of drug-likeness (QED) is 0.313. The topological polar surface area (TPSA) is 117 Å². The Morgan fingerprint density at radius 3 is 2.53 bits per heavy atom. The Morgan fingerprint density at radius 1 is 1.17 bits per heavy atom. The molecule has 1 aliphatic heterocycles. The third-order valence-electron chi connectivity index (χ3n) is 5.61. The number of phenolic OH excluding ortho intramolecular Hbond substituents is 1. The highest BCUT2D eigenvalue weighted by Crippen LogP contribution is 2.42. The molecule has 1 amide bonds. The van der Waals surface area contributed by atoms with Crippen LogP contribution in [0.15, 0.2) is 36.4 Å². The van der Waals surface area contributed by atoms with Crippen LogP contribution >= 0.6 is 23.2 Å². The minimum absolute atomic E-state index is 0.108. The molecular weight excluding hydrogens is 509 g/mol. The summed E-state index contributed by atoms with van der Waals surface area (Å²) in [6.07, 6.45) is 0.285. The van der Waals surface area contributed by atoms with Gasteiger partial charge in [0.2, 0.25) is 0 Å². The summed E-state index contributed by atoms with van der Waals surface area (Å²) < 4.78 is 10.4. The number of aromatic hydroxyl groups is 1. The van der Waals surface area contributed by atoms with Gasteiger partial charge in [0.25, 0.3) is 5.91 Å². The van der Waals surface area contributed by atoms with Crippen molar-refractivity contribution in [3.05, 3.63) is 57.6 Å². The monoisotopic (exact) mass is 537 g/mol. The van der Waals surface area contributed by atoms with Crippen LogP contribution in [0, 0.1) is 0 Å². The van der Waals surface area contributed by atoms with Gasteiger partial charge in [-0.05, 0) is 18.6 Å². The number of hydrogen-bond acceptors (Lipinski definition) is 8. The maximum atomic E-state index is 13.0. The first-order valence-corrected chi connectivity index (χ1v) is 12.4. The number of rotatable bonds is 10. The van der Waals surface area contributed by atoms with E-state index in [0.29, 0.717) is 6.54 Å². The zero-order valence-electron chi connectivity index (χ0n) is 19.9. The SMILES string of the molecule is CCOC(=O)[C@@H](Cc1ccccc1)NC(=O)c1cc(Cl)c(OC(=O)CCN2CCNCC2)c(Cl)c1O. The lowest BCUT2D eigenvalue weighted by molar-refractivity contribution is -0.145. The molecule has 0 radical (unpaired) electrons. The van der Waals surface area contributed by atoms with Crippen molar-refractivity contribution >= 4 is 41.0 Å². The standard InChI is InChI=1S/C25H29Cl2N3O6/c1-2-35-25(34)19(14-16-6-4-3-5-7-16)29-24(33)17-15-18(26)23(21(27)22(17)32)36-20(31)8-11-30-12-9-28-10-13-30/h3-7,15,19,28,32H,2,8-14H2,1H3,(H,29,33)/t19-/m1/s1. The average Bonchev–Trinajstić information content (AvgIpc) is 2.88. The summed E-state index contributed by atoms with van der Waals surface area (Å²) in [5.74, 6) is -2.84. The highest BCUT2D eigenvalue weighted by atomic mass is 35.5. The fourth-order valence-electron chi connectivity index (χ4n) is 3.73. The van der Waals surface area contributed by atoms with Crippen LogP contribution in [0.25, 0.3) is 0 Å². The third-order valence-corrected chi connectivity index (χ3v) is 6.24. The van der Waals surface area contributed by atoms with Gasteiger partial charge in [0.15, 0.2) is 11.5 Å². The Balaban J connectivity index is 1.71. The number of piperazine rings is 1. The van der Waals surface area contributed by atoms with Crippen molar-refractivity contribution in [1.29, 1.82) is 0 Å². The van der Waals surface area contributed by atoms with Gasteiger partial charge in [-0.25, -0.2) is 4.79 Å². The van der Waals surface area contributed by atoms with Gasteiger partial charge in [-0.1, -0.05) is 53.5 Å². The molecule has 3 N–H and O–H groups in total. The summed E-state index contributed by atoms with van der Waals surface area (Å²) >= 11 is 12.5. The van der Waals surface area contributed by atoms with Gasteiger partial charge in [0.1, 0.15) is 11.1 Å². The highest BCUT2D eigenvalue weighted by molar-refractivity contribution is 6.39. The van der Waals surface area contributed by atoms with E-state index in [2.05, 4.69) is 15.5 Å². The maximum Gasteiger partial charge on any atom is 0.328 e. The molecule has 3 rings (SSSR count). The first-order chi connectivity index (χ1) is 17.3. The minimum Gasteiger partial charge on any atom is -0.505 e. The molecule has 1 saturated heterocycles. The Morgan fingerprint density at radius 2 is 1.86 bits per heavy atom. The first kappa shape index (κ1) is 27.7. The number of phenols is 1. The van der Waals surface area contributed by atoms with Crippen molar-refractivity contribution in [3.8, 4) is 11.5 Å². The Kier molecular flexibility index (Phi) is 10.4. The molecule has 1 heterocycles. The molecule has 9 nitrogen and oxygen atoms in total. The molecule has 1 atom stereocenters. The number of amides is 1. The van der Waals surface area contributed by atoms with E-state index in [1.807, 2.05) is 30.3 Å². The van der Waals surface area contributed by atoms with Crippen LogP contribution in [-0.4, -0.2) is 73.2 Å². The number of esters is 2. The van der Waals surface area contributed by atoms with Crippen molar-refractivity contribution < 1.29 is 29.0 Å². The largest absolute Gasteiger partial charge is 0.505 e. The average molecular weight is 538 g/mol. The molecular formula is C25H29Cl2N3O6. The summed E-state index contributed by atoms with van der Waals surface area (Å²) in [5.41, 5.74) is 0.534. The van der Waals surface area contributed by atoms with Crippen LogP contribution in [0.5, 0.6) is 11.5 Å². The number of hydrogen-bond donors (Lipinski definition) is 3. The molecule has 0 bridgehead atoms. The molecule has 194 valence electrons. The van der Waals surface area contributed by atoms with Gasteiger partial charge < -0.3 is 30.1 Å². The molecule has 11 heteroatoms. The van der Waals surface area contributed by atoms with E-state index in [0.717, 1.165) is 37.8 Å². The Bertz CT molecular complexity index is 1080. The van der Waals surface area contributed by atoms with Gasteiger partial charge in [0.05, 0.1) is 23.6 Å². The summed E-state index contributed by atoms with van der Waals surface area (Å²) in [6, 6.07) is 9.22. The van der Waals surface area contributed by atoms with Crippen molar-refractivity contribution in [2.45, 2.75) is 25.8 Å². The van der Waals surface area contributed by atoms with Crippen LogP contribution in [0.2, 0.25) is 10.0 Å². The number of carbonyl (C=O) groups is 3. The number of nitrogens with zero attached hydrogens (tertiary/aromatic N) is 1. The van der Waals surface area contributed by atoms with Crippen LogP contribution in [-0.2, 0) is 20.7 Å². The fraction of sp³-hybridized carbons (Fsp3) is 0.400. The molecule has 0 saturated carbocycles. The molecule has 0 unspecified atom stereocenters. The van der Waals surface area contributed by atoms with E-state index in [1.54, 1.807) is 6.92 Å². The van der Waals surface area contributed by atoms with Gasteiger partial charge in [-0.2, -0.15) is 0 Å². The van der Waals surface area contributed by atoms with Gasteiger partial charge in [-0.15, -0.1) is 0 Å². The zero-order valence-corrected chi connectivity index (χ0v) is 21.4. The molecule has 2 aromatic rings. The van der Waals surface area contributed by atoms with E-state index >= 15 is 0 Å². The number of halogens is 2. The Labute approximate surface area is 219 Å². The number of ether oxygens (including phenoxy) is 2. The lowest BCUT2D eigenvalue weighted by Gasteiger charge is -2.26. The van der Waals surface area contributed by atoms with E-state index in [4.69, 9.17) is 32.7 Å². The number of nitrogens with one attached hydrogen (secondary N) is 2. The van der Waals surface area contributed by atoms with Crippen LogP contribution < -0.4 is 15.4 Å². The molecule has 1 aliphatic rings. The van der Waals surface area contributed by atoms with Crippen molar-refractivity contribution in [2.75, 3.05) is 39.3 Å². The lowest BCUT2D eigenvalue weighted by atomic mass is 10.1. The second-order valence-corrected chi connectivity index (χ2v) is 8.97. The highest BCUT2D eigenvalue weighted by Gasteiger charge is 2.27. The number of carbonyl (C=O) groups excluding carboxylic acids is 3. The van der Waals surface area contributed by atoms with Gasteiger partial charge in [-0.3, -0.25) is 9.59 Å². The van der Waals surface area contributed by atoms with E-state index in [9.17, 15) is 19.5 Å². The van der Waals surface area contributed by atoms with Crippen molar-refractivity contribution in [2.24, 2.45) is 0 Å². The first-order valence-electron chi connectivity index (χ1n) is 11.7. The predicted molar refractivity (Wildman–Crippen MR) is 136 cm³/mol. The number of benzene rings is 2. The Hall–Kier alpha value is -2.85. The minimum atomic E-state index is -1.01. The molecule has 0 aliphatic carbocycles. The molecule has 0 aromatic heterocycles. The zero-order chi connectivity index (χ0) is 26.1. The van der Waals surface area contributed by atoms with E-state index in [1.165, 1.54) is 0 Å². The summed E-state index contributed by atoms with van der Waals surface area (Å²) in [6.45, 7) is 5.68. The maximum absolute atomic E-state index is 13.0. The summed E-state index contributed by atoms with van der Waals surface area (Å²) in [4.78, 5) is 39.9. The van der Waals surface area contributed by atoms with E-state index in [-0.39, 0.29) is 40.8 Å². The normalized spacial score (nSPS) is 14.6. The van der Waals surface area contributed by atoms with Crippen LogP contribution in [0.1, 0.15) is 29.3 Å². The second-order valence-electron chi connectivity index (χ2n) is 8.18. The third kappa shape index (κ3) is 7.57. The fourth-order valence-corrected chi connectivity index (χ4v) is 4.26. The molecule has 2 aromatic carbocycles. The van der Waals surface area contributed by atoms with Gasteiger partial charge >= 0.3 is 11.9 Å². The van der Waals surface area contributed by atoms with Crippen LogP contribution in [0.3, 0.4) is 0 Å².